The van der Waals surface area contributed by atoms with Gasteiger partial charge in [0.15, 0.2) is 11.2 Å². The standard InChI is InChI=1S/C42H29N3O2/c1-2-6-32-28(5-1)29-12-9-27(22-35(29)42(32)33-18-23-17-24(33)19-34(23)42)45(25-10-13-36-30(20-25)40-38(46-36)7-3-15-43-40)26-11-14-37-31(21-26)41-39(47-37)8-4-16-44-41/h1-16,20-24,33-34H,17-19H2. The molecular weight excluding hydrogens is 578 g/mol. The van der Waals surface area contributed by atoms with E-state index < -0.39 is 0 Å². The number of fused-ring (bicyclic) bond motifs is 9. The van der Waals surface area contributed by atoms with Crippen molar-refractivity contribution in [3.8, 4) is 11.1 Å². The number of aromatic nitrogens is 2. The van der Waals surface area contributed by atoms with Crippen LogP contribution in [-0.4, -0.2) is 9.97 Å². The molecule has 47 heavy (non-hydrogen) atoms. The molecule has 5 aliphatic carbocycles. The Morgan fingerprint density at radius 3 is 1.74 bits per heavy atom. The van der Waals surface area contributed by atoms with Crippen LogP contribution in [0.5, 0.6) is 0 Å². The maximum Gasteiger partial charge on any atom is 0.153 e. The fourth-order valence-electron chi connectivity index (χ4n) is 10.8. The molecule has 5 nitrogen and oxygen atoms in total. The molecule has 0 saturated heterocycles. The zero-order chi connectivity index (χ0) is 30.4. The highest BCUT2D eigenvalue weighted by molar-refractivity contribution is 6.06. The van der Waals surface area contributed by atoms with Gasteiger partial charge in [0.1, 0.15) is 22.2 Å². The fourth-order valence-corrected chi connectivity index (χ4v) is 10.8. The minimum atomic E-state index is 0.129. The molecule has 0 radical (unpaired) electrons. The van der Waals surface area contributed by atoms with Gasteiger partial charge in [0, 0.05) is 45.6 Å². The lowest BCUT2D eigenvalue weighted by molar-refractivity contribution is 0.307. The molecule has 4 atom stereocenters. The molecule has 4 aromatic heterocycles. The van der Waals surface area contributed by atoms with Gasteiger partial charge < -0.3 is 13.7 Å². The monoisotopic (exact) mass is 607 g/mol. The Labute approximate surface area is 270 Å². The van der Waals surface area contributed by atoms with Crippen molar-refractivity contribution in [1.82, 2.24) is 9.97 Å². The van der Waals surface area contributed by atoms with Crippen molar-refractivity contribution in [3.05, 3.63) is 127 Å². The van der Waals surface area contributed by atoms with Gasteiger partial charge in [0.2, 0.25) is 0 Å². The third kappa shape index (κ3) is 2.97. The molecule has 4 saturated carbocycles. The molecule has 4 aromatic carbocycles. The van der Waals surface area contributed by atoms with E-state index in [0.717, 1.165) is 84.9 Å². The number of anilines is 3. The second kappa shape index (κ2) is 8.48. The molecule has 13 rings (SSSR count). The number of furan rings is 2. The first-order valence-corrected chi connectivity index (χ1v) is 16.8. The van der Waals surface area contributed by atoms with Gasteiger partial charge >= 0.3 is 0 Å². The molecule has 0 N–H and O–H groups in total. The molecule has 0 aliphatic heterocycles. The van der Waals surface area contributed by atoms with Crippen LogP contribution in [-0.2, 0) is 5.41 Å². The van der Waals surface area contributed by atoms with Crippen LogP contribution in [0.4, 0.5) is 17.1 Å². The van der Waals surface area contributed by atoms with Crippen LogP contribution in [0.2, 0.25) is 0 Å². The summed E-state index contributed by atoms with van der Waals surface area (Å²) in [6, 6.07) is 37.4. The highest BCUT2D eigenvalue weighted by atomic mass is 16.3. The third-order valence-corrected chi connectivity index (χ3v) is 12.3. The number of rotatable bonds is 3. The van der Waals surface area contributed by atoms with Crippen molar-refractivity contribution < 1.29 is 8.83 Å². The lowest BCUT2D eigenvalue weighted by Gasteiger charge is -2.37. The van der Waals surface area contributed by atoms with Crippen LogP contribution >= 0.6 is 0 Å². The summed E-state index contributed by atoms with van der Waals surface area (Å²) in [5, 5.41) is 2.03. The van der Waals surface area contributed by atoms with E-state index in [9.17, 15) is 0 Å². The Balaban J connectivity index is 1.12. The molecule has 224 valence electrons. The summed E-state index contributed by atoms with van der Waals surface area (Å²) in [5.74, 6) is 3.20. The zero-order valence-corrected chi connectivity index (χ0v) is 25.6. The van der Waals surface area contributed by atoms with Crippen LogP contribution in [0.25, 0.3) is 55.3 Å². The molecular formula is C42H29N3O2. The molecule has 5 heteroatoms. The van der Waals surface area contributed by atoms with Crippen molar-refractivity contribution in [1.29, 1.82) is 0 Å². The highest BCUT2D eigenvalue weighted by Gasteiger charge is 2.70. The predicted octanol–water partition coefficient (Wildman–Crippen LogP) is 10.7. The quantitative estimate of drug-likeness (QED) is 0.200. The SMILES string of the molecule is c1ccc2c(c1)-c1ccc(N(c3ccc4oc5cccnc5c4c3)c3ccc4oc5cccnc5c4c3)cc1C21C2CC3CC2CC31. The van der Waals surface area contributed by atoms with E-state index in [1.807, 2.05) is 36.7 Å². The second-order valence-electron chi connectivity index (χ2n) is 14.2. The Morgan fingerprint density at radius 2 is 1.11 bits per heavy atom. The minimum absolute atomic E-state index is 0.129. The predicted molar refractivity (Wildman–Crippen MR) is 185 cm³/mol. The van der Waals surface area contributed by atoms with Gasteiger partial charge in [-0.25, -0.2) is 0 Å². The summed E-state index contributed by atoms with van der Waals surface area (Å²) in [6.45, 7) is 0. The van der Waals surface area contributed by atoms with Crippen LogP contribution in [0.1, 0.15) is 30.4 Å². The van der Waals surface area contributed by atoms with E-state index in [-0.39, 0.29) is 5.41 Å². The van der Waals surface area contributed by atoms with Gasteiger partial charge in [-0.05, 0) is 138 Å². The first-order valence-electron chi connectivity index (χ1n) is 16.8. The molecule has 4 heterocycles. The van der Waals surface area contributed by atoms with Crippen LogP contribution in [0, 0.1) is 23.7 Å². The lowest BCUT2D eigenvalue weighted by atomic mass is 9.66. The zero-order valence-electron chi connectivity index (χ0n) is 25.6. The molecule has 5 aliphatic rings. The average Bonchev–Trinajstić information content (AvgIpc) is 3.98. The summed E-state index contributed by atoms with van der Waals surface area (Å²) in [7, 11) is 0. The number of nitrogens with zero attached hydrogens (tertiary/aromatic N) is 3. The first kappa shape index (κ1) is 24.8. The van der Waals surface area contributed by atoms with Gasteiger partial charge in [-0.1, -0.05) is 30.3 Å². The molecule has 0 amide bonds. The number of hydrogen-bond donors (Lipinski definition) is 0. The Kier molecular flexibility index (Phi) is 4.47. The summed E-state index contributed by atoms with van der Waals surface area (Å²) < 4.78 is 12.4. The van der Waals surface area contributed by atoms with Crippen molar-refractivity contribution >= 4 is 61.2 Å². The first-order chi connectivity index (χ1) is 23.3. The van der Waals surface area contributed by atoms with E-state index in [0.29, 0.717) is 0 Å². The van der Waals surface area contributed by atoms with Gasteiger partial charge in [-0.2, -0.15) is 0 Å². The molecule has 1 spiro atoms. The molecule has 4 unspecified atom stereocenters. The van der Waals surface area contributed by atoms with Crippen molar-refractivity contribution in [2.75, 3.05) is 4.90 Å². The second-order valence-corrected chi connectivity index (χ2v) is 14.2. The Hall–Kier alpha value is -5.42. The summed E-state index contributed by atoms with van der Waals surface area (Å²) in [4.78, 5) is 11.8. The van der Waals surface area contributed by atoms with Crippen molar-refractivity contribution in [3.63, 3.8) is 0 Å². The lowest BCUT2D eigenvalue weighted by Crippen LogP contribution is -2.34. The van der Waals surface area contributed by atoms with Gasteiger partial charge in [0.05, 0.1) is 0 Å². The Bertz CT molecular complexity index is 2500. The van der Waals surface area contributed by atoms with E-state index in [4.69, 9.17) is 18.8 Å². The van der Waals surface area contributed by atoms with Crippen LogP contribution in [0.15, 0.2) is 124 Å². The van der Waals surface area contributed by atoms with E-state index in [1.54, 1.807) is 5.56 Å². The van der Waals surface area contributed by atoms with E-state index in [2.05, 4.69) is 83.8 Å². The number of hydrogen-bond acceptors (Lipinski definition) is 5. The maximum absolute atomic E-state index is 6.20. The highest BCUT2D eigenvalue weighted by Crippen LogP contribution is 2.77. The van der Waals surface area contributed by atoms with E-state index >= 15 is 0 Å². The number of benzene rings is 4. The van der Waals surface area contributed by atoms with E-state index in [1.165, 1.54) is 36.0 Å². The fraction of sp³-hybridized carbons (Fsp3) is 0.190. The molecule has 4 fully saturated rings. The third-order valence-electron chi connectivity index (χ3n) is 12.3. The average molecular weight is 608 g/mol. The molecule has 4 bridgehead atoms. The van der Waals surface area contributed by atoms with Crippen molar-refractivity contribution in [2.45, 2.75) is 24.7 Å². The Morgan fingerprint density at radius 1 is 0.532 bits per heavy atom. The summed E-state index contributed by atoms with van der Waals surface area (Å²) >= 11 is 0. The van der Waals surface area contributed by atoms with Gasteiger partial charge in [-0.15, -0.1) is 0 Å². The summed E-state index contributed by atoms with van der Waals surface area (Å²) in [6.07, 6.45) is 7.87. The van der Waals surface area contributed by atoms with Gasteiger partial charge in [-0.3, -0.25) is 9.97 Å². The minimum Gasteiger partial charge on any atom is -0.454 e. The van der Waals surface area contributed by atoms with Crippen molar-refractivity contribution in [2.24, 2.45) is 23.7 Å². The van der Waals surface area contributed by atoms with Gasteiger partial charge in [0.25, 0.3) is 0 Å². The topological polar surface area (TPSA) is 55.3 Å². The molecule has 8 aromatic rings. The largest absolute Gasteiger partial charge is 0.454 e. The maximum atomic E-state index is 6.20. The normalized spacial score (nSPS) is 24.9. The van der Waals surface area contributed by atoms with Crippen LogP contribution in [0.3, 0.4) is 0 Å². The smallest absolute Gasteiger partial charge is 0.153 e. The summed E-state index contributed by atoms with van der Waals surface area (Å²) in [5.41, 5.74) is 14.4. The van der Waals surface area contributed by atoms with Crippen LogP contribution < -0.4 is 4.90 Å². The number of pyridine rings is 2.